The highest BCUT2D eigenvalue weighted by atomic mass is 16.2. The van der Waals surface area contributed by atoms with Crippen LogP contribution in [0.2, 0.25) is 0 Å². The number of nitrogens with zero attached hydrogens (tertiary/aromatic N) is 1. The van der Waals surface area contributed by atoms with Crippen molar-refractivity contribution in [3.05, 3.63) is 29.8 Å². The van der Waals surface area contributed by atoms with E-state index in [1.165, 1.54) is 12.8 Å². The number of benzene rings is 1. The van der Waals surface area contributed by atoms with Crippen LogP contribution in [-0.4, -0.2) is 36.5 Å². The van der Waals surface area contributed by atoms with E-state index in [-0.39, 0.29) is 11.9 Å². The third-order valence-electron chi connectivity index (χ3n) is 4.53. The van der Waals surface area contributed by atoms with E-state index in [0.717, 1.165) is 12.8 Å². The predicted molar refractivity (Wildman–Crippen MR) is 104 cm³/mol. The van der Waals surface area contributed by atoms with Crippen LogP contribution in [0.3, 0.4) is 0 Å². The van der Waals surface area contributed by atoms with Gasteiger partial charge in [-0.15, -0.1) is 0 Å². The van der Waals surface area contributed by atoms with Crippen molar-refractivity contribution in [3.63, 3.8) is 0 Å². The number of nitrogens with one attached hydrogen (secondary N) is 2. The zero-order chi connectivity index (χ0) is 18.7. The number of amides is 3. The first-order valence-corrected chi connectivity index (χ1v) is 9.49. The summed E-state index contributed by atoms with van der Waals surface area (Å²) in [7, 11) is 0. The lowest BCUT2D eigenvalue weighted by Crippen LogP contribution is -2.33. The van der Waals surface area contributed by atoms with Gasteiger partial charge in [0.2, 0.25) is 0 Å². The Hall–Kier alpha value is -2.04. The zero-order valence-electron chi connectivity index (χ0n) is 16.1. The van der Waals surface area contributed by atoms with E-state index in [2.05, 4.69) is 24.5 Å². The lowest BCUT2D eigenvalue weighted by molar-refractivity contribution is 0.0773. The van der Waals surface area contributed by atoms with Crippen LogP contribution < -0.4 is 10.6 Å². The molecule has 0 saturated carbocycles. The second-order valence-corrected chi connectivity index (χ2v) is 6.31. The van der Waals surface area contributed by atoms with Crippen molar-refractivity contribution in [1.29, 1.82) is 0 Å². The summed E-state index contributed by atoms with van der Waals surface area (Å²) in [6.45, 7) is 10.3. The molecule has 5 heteroatoms. The third kappa shape index (κ3) is 7.16. The van der Waals surface area contributed by atoms with Crippen LogP contribution in [-0.2, 0) is 0 Å². The van der Waals surface area contributed by atoms with Gasteiger partial charge in [0.05, 0.1) is 0 Å². The summed E-state index contributed by atoms with van der Waals surface area (Å²) >= 11 is 0. The first-order chi connectivity index (χ1) is 12.0. The highest BCUT2D eigenvalue weighted by Gasteiger charge is 2.12. The van der Waals surface area contributed by atoms with Gasteiger partial charge in [-0.2, -0.15) is 0 Å². The van der Waals surface area contributed by atoms with Gasteiger partial charge in [-0.25, -0.2) is 4.79 Å². The minimum Gasteiger partial charge on any atom is -0.339 e. The summed E-state index contributed by atoms with van der Waals surface area (Å²) in [6, 6.07) is 6.85. The molecular formula is C20H33N3O2. The normalized spacial score (nSPS) is 11.7. The number of carbonyl (C=O) groups excluding carboxylic acids is 2. The molecule has 0 aromatic heterocycles. The molecular weight excluding hydrogens is 314 g/mol. The molecule has 25 heavy (non-hydrogen) atoms. The van der Waals surface area contributed by atoms with Crippen LogP contribution >= 0.6 is 0 Å². The molecule has 1 unspecified atom stereocenters. The van der Waals surface area contributed by atoms with Crippen LogP contribution in [0.15, 0.2) is 24.3 Å². The summed E-state index contributed by atoms with van der Waals surface area (Å²) in [6.07, 6.45) is 4.60. The van der Waals surface area contributed by atoms with Crippen LogP contribution in [0, 0.1) is 5.92 Å². The number of anilines is 1. The minimum absolute atomic E-state index is 0.0164. The van der Waals surface area contributed by atoms with Crippen LogP contribution in [0.1, 0.15) is 63.7 Å². The average molecular weight is 348 g/mol. The Morgan fingerprint density at radius 3 is 2.20 bits per heavy atom. The Kier molecular flexibility index (Phi) is 9.66. The van der Waals surface area contributed by atoms with Crippen LogP contribution in [0.5, 0.6) is 0 Å². The van der Waals surface area contributed by atoms with Crippen molar-refractivity contribution in [2.45, 2.75) is 53.4 Å². The predicted octanol–water partition coefficient (Wildman–Crippen LogP) is 4.51. The third-order valence-corrected chi connectivity index (χ3v) is 4.53. The van der Waals surface area contributed by atoms with Crippen molar-refractivity contribution in [1.82, 2.24) is 10.2 Å². The number of hydrogen-bond acceptors (Lipinski definition) is 2. The van der Waals surface area contributed by atoms with Gasteiger partial charge in [-0.3, -0.25) is 4.79 Å². The van der Waals surface area contributed by atoms with E-state index in [1.807, 2.05) is 13.8 Å². The zero-order valence-corrected chi connectivity index (χ0v) is 16.1. The molecule has 1 rings (SSSR count). The number of carbonyl (C=O) groups is 2. The fraction of sp³-hybridized carbons (Fsp3) is 0.600. The number of hydrogen-bond donors (Lipinski definition) is 2. The Morgan fingerprint density at radius 1 is 1.04 bits per heavy atom. The van der Waals surface area contributed by atoms with E-state index in [4.69, 9.17) is 0 Å². The second-order valence-electron chi connectivity index (χ2n) is 6.31. The summed E-state index contributed by atoms with van der Waals surface area (Å²) in [5.74, 6) is 0.544. The van der Waals surface area contributed by atoms with Crippen molar-refractivity contribution >= 4 is 17.6 Å². The molecule has 2 N–H and O–H groups in total. The molecule has 0 bridgehead atoms. The minimum atomic E-state index is -0.197. The fourth-order valence-corrected chi connectivity index (χ4v) is 2.75. The Balaban J connectivity index is 2.51. The Bertz CT molecular complexity index is 524. The van der Waals surface area contributed by atoms with Gasteiger partial charge < -0.3 is 15.5 Å². The smallest absolute Gasteiger partial charge is 0.319 e. The molecule has 1 aromatic carbocycles. The molecule has 0 aliphatic carbocycles. The van der Waals surface area contributed by atoms with Crippen molar-refractivity contribution in [2.24, 2.45) is 5.92 Å². The molecule has 0 heterocycles. The van der Waals surface area contributed by atoms with Crippen molar-refractivity contribution in [3.8, 4) is 0 Å². The maximum absolute atomic E-state index is 12.3. The summed E-state index contributed by atoms with van der Waals surface area (Å²) in [4.78, 5) is 26.1. The molecule has 0 fully saturated rings. The first kappa shape index (κ1) is 21.0. The van der Waals surface area contributed by atoms with Crippen molar-refractivity contribution < 1.29 is 9.59 Å². The van der Waals surface area contributed by atoms with Gasteiger partial charge in [0, 0.05) is 30.9 Å². The van der Waals surface area contributed by atoms with Gasteiger partial charge in [0.15, 0.2) is 0 Å². The maximum Gasteiger partial charge on any atom is 0.319 e. The first-order valence-electron chi connectivity index (χ1n) is 9.49. The fourth-order valence-electron chi connectivity index (χ4n) is 2.75. The number of unbranched alkanes of at least 4 members (excludes halogenated alkanes) is 1. The molecule has 140 valence electrons. The van der Waals surface area contributed by atoms with Gasteiger partial charge in [0.25, 0.3) is 5.91 Å². The lowest BCUT2D eigenvalue weighted by Gasteiger charge is -2.19. The molecule has 0 aliphatic heterocycles. The van der Waals surface area contributed by atoms with Gasteiger partial charge in [-0.1, -0.05) is 33.1 Å². The molecule has 3 amide bonds. The number of urea groups is 1. The Morgan fingerprint density at radius 2 is 1.68 bits per heavy atom. The van der Waals surface area contributed by atoms with Crippen molar-refractivity contribution in [2.75, 3.05) is 25.0 Å². The lowest BCUT2D eigenvalue weighted by atomic mass is 9.99. The second kappa shape index (κ2) is 11.5. The monoisotopic (exact) mass is 347 g/mol. The van der Waals surface area contributed by atoms with Gasteiger partial charge >= 0.3 is 6.03 Å². The SMILES string of the molecule is CCCCC(CC)CNC(=O)Nc1ccc(C(=O)N(CC)CC)cc1. The van der Waals surface area contributed by atoms with E-state index < -0.39 is 0 Å². The molecule has 0 saturated heterocycles. The van der Waals surface area contributed by atoms with Crippen LogP contribution in [0.4, 0.5) is 10.5 Å². The maximum atomic E-state index is 12.3. The molecule has 1 atom stereocenters. The highest BCUT2D eigenvalue weighted by molar-refractivity contribution is 5.95. The van der Waals surface area contributed by atoms with E-state index in [0.29, 0.717) is 36.8 Å². The topological polar surface area (TPSA) is 61.4 Å². The van der Waals surface area contributed by atoms with E-state index in [1.54, 1.807) is 29.2 Å². The Labute approximate surface area is 152 Å². The van der Waals surface area contributed by atoms with Gasteiger partial charge in [0.1, 0.15) is 0 Å². The van der Waals surface area contributed by atoms with Crippen LogP contribution in [0.25, 0.3) is 0 Å². The standard InChI is InChI=1S/C20H33N3O2/c1-5-9-10-16(6-2)15-21-20(25)22-18-13-11-17(12-14-18)19(24)23(7-3)8-4/h11-14,16H,5-10,15H2,1-4H3,(H2,21,22,25). The average Bonchev–Trinajstić information content (AvgIpc) is 2.63. The molecule has 1 aromatic rings. The quantitative estimate of drug-likeness (QED) is 0.654. The largest absolute Gasteiger partial charge is 0.339 e. The summed E-state index contributed by atoms with van der Waals surface area (Å²) in [5, 5.41) is 5.77. The highest BCUT2D eigenvalue weighted by Crippen LogP contribution is 2.13. The van der Waals surface area contributed by atoms with Gasteiger partial charge in [-0.05, 0) is 50.5 Å². The molecule has 0 spiro atoms. The molecule has 0 radical (unpaired) electrons. The van der Waals surface area contributed by atoms with E-state index >= 15 is 0 Å². The number of rotatable bonds is 10. The summed E-state index contributed by atoms with van der Waals surface area (Å²) in [5.41, 5.74) is 1.33. The molecule has 0 aliphatic rings. The summed E-state index contributed by atoms with van der Waals surface area (Å²) < 4.78 is 0. The molecule has 5 nitrogen and oxygen atoms in total. The van der Waals surface area contributed by atoms with E-state index in [9.17, 15) is 9.59 Å².